The zero-order valence-corrected chi connectivity index (χ0v) is 27.8. The summed E-state index contributed by atoms with van der Waals surface area (Å²) in [5.74, 6) is -0.0415. The maximum Gasteiger partial charge on any atom is 0.331 e. The van der Waals surface area contributed by atoms with Crippen molar-refractivity contribution in [3.63, 3.8) is 0 Å². The first kappa shape index (κ1) is 33.1. The van der Waals surface area contributed by atoms with E-state index in [2.05, 4.69) is 18.0 Å². The molecule has 0 spiro atoms. The van der Waals surface area contributed by atoms with Crippen LogP contribution in [0.1, 0.15) is 97.3 Å². The average molecular weight is 645 g/mol. The molecule has 46 heavy (non-hydrogen) atoms. The average Bonchev–Trinajstić information content (AvgIpc) is 3.58. The van der Waals surface area contributed by atoms with Gasteiger partial charge < -0.3 is 39.5 Å². The topological polar surface area (TPSA) is 141 Å². The Morgan fingerprint density at radius 2 is 1.83 bits per heavy atom. The number of piperidine rings is 1. The largest absolute Gasteiger partial charge is 0.458 e. The highest BCUT2D eigenvalue weighted by molar-refractivity contribution is 5.85. The summed E-state index contributed by atoms with van der Waals surface area (Å²) in [4.78, 5) is 19.6. The molecule has 4 aliphatic carbocycles. The molecule has 4 N–H and O–H groups in total. The van der Waals surface area contributed by atoms with E-state index < -0.39 is 41.2 Å². The molecule has 0 aromatic carbocycles. The lowest BCUT2D eigenvalue weighted by atomic mass is 9.41. The molecule has 258 valence electrons. The third-order valence-electron chi connectivity index (χ3n) is 14.0. The van der Waals surface area contributed by atoms with Gasteiger partial charge in [0.05, 0.1) is 36.1 Å². The molecule has 0 aromatic heterocycles. The number of carbonyl (C=O) groups excluding carboxylic acids is 1. The number of rotatable bonds is 7. The van der Waals surface area contributed by atoms with Crippen LogP contribution in [0.2, 0.25) is 0 Å². The number of hydrogen-bond donors (Lipinski definition) is 4. The maximum atomic E-state index is 12.8. The van der Waals surface area contributed by atoms with Crippen molar-refractivity contribution in [1.82, 2.24) is 4.90 Å². The molecule has 7 rings (SSSR count). The second kappa shape index (κ2) is 12.5. The number of aliphatic imine (C=N–C) groups is 1. The molecule has 0 radical (unpaired) electrons. The first-order chi connectivity index (χ1) is 22.0. The Morgan fingerprint density at radius 3 is 2.57 bits per heavy atom. The molecule has 3 heterocycles. The van der Waals surface area contributed by atoms with E-state index in [0.29, 0.717) is 38.8 Å². The van der Waals surface area contributed by atoms with Gasteiger partial charge in [0.15, 0.2) is 6.29 Å². The van der Waals surface area contributed by atoms with Crippen LogP contribution in [0.15, 0.2) is 16.6 Å². The van der Waals surface area contributed by atoms with E-state index in [9.17, 15) is 25.2 Å². The summed E-state index contributed by atoms with van der Waals surface area (Å²) in [6.07, 6.45) is 11.0. The fourth-order valence-electron chi connectivity index (χ4n) is 11.4. The number of esters is 1. The van der Waals surface area contributed by atoms with Crippen LogP contribution in [0.25, 0.3) is 0 Å². The molecular weight excluding hydrogens is 588 g/mol. The number of likely N-dealkylation sites (tertiary alicyclic amines) is 1. The van der Waals surface area contributed by atoms with Crippen molar-refractivity contribution in [3.8, 4) is 0 Å². The zero-order valence-electron chi connectivity index (χ0n) is 27.8. The molecule has 10 nitrogen and oxygen atoms in total. The highest BCUT2D eigenvalue weighted by Crippen LogP contribution is 2.70. The molecule has 4 unspecified atom stereocenters. The summed E-state index contributed by atoms with van der Waals surface area (Å²) in [6.45, 7) is 8.19. The van der Waals surface area contributed by atoms with Crippen molar-refractivity contribution in [1.29, 1.82) is 0 Å². The number of cyclic esters (lactones) is 1. The van der Waals surface area contributed by atoms with Gasteiger partial charge in [0.25, 0.3) is 0 Å². The third-order valence-corrected chi connectivity index (χ3v) is 14.0. The van der Waals surface area contributed by atoms with Gasteiger partial charge in [0.2, 0.25) is 0 Å². The smallest absolute Gasteiger partial charge is 0.331 e. The summed E-state index contributed by atoms with van der Waals surface area (Å²) < 4.78 is 17.6. The zero-order chi connectivity index (χ0) is 32.3. The minimum atomic E-state index is -1.04. The number of carbonyl (C=O) groups is 1. The van der Waals surface area contributed by atoms with Gasteiger partial charge >= 0.3 is 5.97 Å². The Labute approximate surface area is 273 Å². The Hall–Kier alpha value is -1.40. The number of aliphatic hydroxyl groups excluding tert-OH is 2. The maximum absolute atomic E-state index is 12.8. The first-order valence-corrected chi connectivity index (χ1v) is 18.2. The second-order valence-corrected chi connectivity index (χ2v) is 16.1. The lowest BCUT2D eigenvalue weighted by molar-refractivity contribution is -0.282. The van der Waals surface area contributed by atoms with E-state index in [1.807, 2.05) is 0 Å². The molecular formula is C36H56N2O8. The van der Waals surface area contributed by atoms with Crippen LogP contribution in [-0.2, 0) is 19.0 Å². The number of ether oxygens (including phenoxy) is 3. The van der Waals surface area contributed by atoms with Gasteiger partial charge in [-0.05, 0) is 108 Å². The van der Waals surface area contributed by atoms with Crippen molar-refractivity contribution >= 4 is 12.2 Å². The number of hydrogen-bond acceptors (Lipinski definition) is 10. The molecule has 10 heteroatoms. The van der Waals surface area contributed by atoms with Gasteiger partial charge in [-0.2, -0.15) is 0 Å². The molecule has 12 atom stereocenters. The number of nitrogens with zero attached hydrogens (tertiary/aromatic N) is 2. The first-order valence-electron chi connectivity index (χ1n) is 18.2. The number of fused-ring (bicyclic) bond motifs is 5. The normalized spacial score (nSPS) is 49.7. The van der Waals surface area contributed by atoms with Crippen molar-refractivity contribution in [2.24, 2.45) is 33.6 Å². The van der Waals surface area contributed by atoms with E-state index in [4.69, 9.17) is 19.2 Å². The van der Waals surface area contributed by atoms with Crippen molar-refractivity contribution < 1.29 is 39.4 Å². The Morgan fingerprint density at radius 1 is 1.04 bits per heavy atom. The summed E-state index contributed by atoms with van der Waals surface area (Å²) in [7, 11) is 0. The summed E-state index contributed by atoms with van der Waals surface area (Å²) in [5, 5.41) is 46.0. The fraction of sp³-hybridized carbons (Fsp3) is 0.889. The van der Waals surface area contributed by atoms with Gasteiger partial charge in [-0.3, -0.25) is 4.99 Å². The van der Waals surface area contributed by atoms with Gasteiger partial charge in [0.1, 0.15) is 12.7 Å². The van der Waals surface area contributed by atoms with Gasteiger partial charge in [-0.25, -0.2) is 4.79 Å². The van der Waals surface area contributed by atoms with Gasteiger partial charge in [-0.15, -0.1) is 0 Å². The summed E-state index contributed by atoms with van der Waals surface area (Å²) >= 11 is 0. The van der Waals surface area contributed by atoms with Crippen molar-refractivity contribution in [2.45, 2.75) is 139 Å². The van der Waals surface area contributed by atoms with Crippen molar-refractivity contribution in [2.75, 3.05) is 32.8 Å². The third kappa shape index (κ3) is 5.42. The Bertz CT molecular complexity index is 1190. The Balaban J connectivity index is 1.14. The fourth-order valence-corrected chi connectivity index (χ4v) is 11.4. The van der Waals surface area contributed by atoms with Gasteiger partial charge in [0, 0.05) is 42.5 Å². The minimum absolute atomic E-state index is 0.0281. The predicted octanol–water partition coefficient (Wildman–Crippen LogP) is 3.14. The van der Waals surface area contributed by atoms with E-state index in [0.717, 1.165) is 57.3 Å². The highest BCUT2D eigenvalue weighted by atomic mass is 16.7. The molecule has 2 saturated heterocycles. The molecule has 7 aliphatic rings. The van der Waals surface area contributed by atoms with Gasteiger partial charge in [-0.1, -0.05) is 13.3 Å². The monoisotopic (exact) mass is 644 g/mol. The Kier molecular flexibility index (Phi) is 8.99. The van der Waals surface area contributed by atoms with Crippen LogP contribution in [-0.4, -0.2) is 112 Å². The van der Waals surface area contributed by atoms with E-state index >= 15 is 0 Å². The van der Waals surface area contributed by atoms with Crippen molar-refractivity contribution in [3.05, 3.63) is 11.6 Å². The SMILES string of the molecule is CC1OC(O[C@H]2CC[C@]3(C=NCCN4CCCCC4)[C@H]4CC[C@]5(C)[C@@H](C6=CC(=O)OC6)CC[C@]5(O)[C@@H]4CC[C@]3(O)C2)CC(O)C1O. The van der Waals surface area contributed by atoms with Crippen LogP contribution >= 0.6 is 0 Å². The van der Waals surface area contributed by atoms with E-state index in [1.54, 1.807) is 13.0 Å². The summed E-state index contributed by atoms with van der Waals surface area (Å²) in [5.41, 5.74) is -1.83. The van der Waals surface area contributed by atoms with Crippen LogP contribution < -0.4 is 0 Å². The lowest BCUT2D eigenvalue weighted by Gasteiger charge is -2.66. The predicted molar refractivity (Wildman–Crippen MR) is 171 cm³/mol. The van der Waals surface area contributed by atoms with Crippen LogP contribution in [0.4, 0.5) is 0 Å². The molecule has 0 aromatic rings. The lowest BCUT2D eigenvalue weighted by Crippen LogP contribution is -2.69. The molecule has 6 fully saturated rings. The molecule has 0 bridgehead atoms. The molecule has 3 aliphatic heterocycles. The minimum Gasteiger partial charge on any atom is -0.458 e. The standard InChI is InChI=1S/C36H56N2O8/c1-23-32(41)29(39)19-31(45-23)46-25-6-11-34(22-37-14-17-38-15-4-3-5-16-38)27-7-10-33(2)26(24-18-30(40)44-21-24)9-13-36(33,43)28(27)8-12-35(34,42)20-25/h18,22-23,25-29,31-32,39,41-43H,3-17,19-21H2,1-2H3/t23?,25-,26+,27-,28+,29?,31?,32?,33+,34-,35-,36-/m0/s1. The molecule has 4 saturated carbocycles. The van der Waals surface area contributed by atoms with E-state index in [-0.39, 0.29) is 41.7 Å². The summed E-state index contributed by atoms with van der Waals surface area (Å²) in [6, 6.07) is 0. The van der Waals surface area contributed by atoms with Crippen LogP contribution in [0, 0.1) is 28.6 Å². The molecule has 0 amide bonds. The number of aliphatic hydroxyl groups is 4. The quantitative estimate of drug-likeness (QED) is 0.187. The highest BCUT2D eigenvalue weighted by Gasteiger charge is 2.71. The van der Waals surface area contributed by atoms with E-state index in [1.165, 1.54) is 19.3 Å². The van der Waals surface area contributed by atoms with Crippen LogP contribution in [0.5, 0.6) is 0 Å². The second-order valence-electron chi connectivity index (χ2n) is 16.1. The van der Waals surface area contributed by atoms with Crippen LogP contribution in [0.3, 0.4) is 0 Å².